The van der Waals surface area contributed by atoms with Crippen molar-refractivity contribution >= 4 is 43.1 Å². The van der Waals surface area contributed by atoms with Crippen molar-refractivity contribution in [3.8, 4) is 33.8 Å². The first-order valence-electron chi connectivity index (χ1n) is 15.5. The molecular weight excluding hydrogens is 641 g/mol. The van der Waals surface area contributed by atoms with Gasteiger partial charge in [0, 0.05) is 17.1 Å². The normalized spacial score (nSPS) is 12.5. The number of hydrogen-bond donors (Lipinski definition) is 2. The molecule has 0 spiro atoms. The molecule has 0 aliphatic rings. The summed E-state index contributed by atoms with van der Waals surface area (Å²) in [5, 5.41) is 9.89. The number of hydrogen-bond acceptors (Lipinski definition) is 9. The number of rotatable bonds is 8. The molecule has 0 amide bonds. The maximum Gasteiger partial charge on any atom is 0.191 e. The summed E-state index contributed by atoms with van der Waals surface area (Å²) in [6, 6.07) is 31.9. The van der Waals surface area contributed by atoms with Crippen molar-refractivity contribution in [1.82, 2.24) is 0 Å². The summed E-state index contributed by atoms with van der Waals surface area (Å²) in [7, 11) is -0.193. The Morgan fingerprint density at radius 3 is 1.38 bits per heavy atom. The van der Waals surface area contributed by atoms with E-state index < -0.39 is 15.3 Å². The number of nitrogens with zero attached hydrogens (tertiary/aromatic N) is 2. The zero-order valence-electron chi connectivity index (χ0n) is 29.6. The number of hydrazone groups is 2. The first-order valence-corrected chi connectivity index (χ1v) is 18.6. The van der Waals surface area contributed by atoms with Crippen molar-refractivity contribution in [3.63, 3.8) is 0 Å². The largest absolute Gasteiger partial charge is 0.495 e. The lowest BCUT2D eigenvalue weighted by Gasteiger charge is -2.20. The second-order valence-corrected chi connectivity index (χ2v) is 15.8. The van der Waals surface area contributed by atoms with E-state index >= 15 is 0 Å². The summed E-state index contributed by atoms with van der Waals surface area (Å²) in [5.41, 5.74) is 11.3. The zero-order chi connectivity index (χ0) is 35.5. The van der Waals surface area contributed by atoms with Crippen LogP contribution in [0, 0.1) is 10.8 Å². The van der Waals surface area contributed by atoms with Crippen molar-refractivity contribution < 1.29 is 17.9 Å². The Bertz CT molecular complexity index is 1810. The maximum absolute atomic E-state index is 12.0. The second kappa shape index (κ2) is 16.7. The number of nitrogens with one attached hydrogen (secondary N) is 2. The molecule has 0 aromatic heterocycles. The van der Waals surface area contributed by atoms with Gasteiger partial charge in [-0.2, -0.15) is 10.2 Å². The van der Waals surface area contributed by atoms with E-state index in [2.05, 4.69) is 66.1 Å². The van der Waals surface area contributed by atoms with Gasteiger partial charge in [0.2, 0.25) is 0 Å². The van der Waals surface area contributed by atoms with E-state index in [1.165, 1.54) is 5.56 Å². The lowest BCUT2D eigenvalue weighted by Crippen LogP contribution is -2.29. The highest BCUT2D eigenvalue weighted by Gasteiger charge is 2.28. The van der Waals surface area contributed by atoms with Gasteiger partial charge in [-0.3, -0.25) is 10.9 Å². The van der Waals surface area contributed by atoms with Crippen LogP contribution >= 0.6 is 11.8 Å². The number of benzene rings is 4. The van der Waals surface area contributed by atoms with E-state index in [1.54, 1.807) is 26.0 Å². The standard InChI is InChI=1S/C19H24N2O3S.C19H24N2OS/c1-19(2,3)18(25(5,22)23)21-20-16-13-15(11-12-17(16)24-4)14-9-7-6-8-10-14;1-19(2,3)18(23-5)21-20-16-13-15(11-12-17(16)22-4)14-9-7-6-8-10-14/h6-13,20H,1-5H3;6-13,20H,1-5H3/b2*21-18+. The molecule has 0 aliphatic heterocycles. The SMILES string of the molecule is COc1ccc(-c2ccccc2)cc1N/N=C(/SC)C(C)(C)C.COc1ccc(-c2ccccc2)cc1N/N=C(\C(C)(C)C)S(C)(=O)=O. The van der Waals surface area contributed by atoms with Gasteiger partial charge < -0.3 is 9.47 Å². The maximum atomic E-state index is 12.0. The van der Waals surface area contributed by atoms with Crippen LogP contribution in [0.4, 0.5) is 11.4 Å². The third-order valence-electron chi connectivity index (χ3n) is 7.00. The molecule has 4 aromatic carbocycles. The average molecular weight is 689 g/mol. The molecule has 48 heavy (non-hydrogen) atoms. The molecular formula is C38H48N4O4S2. The summed E-state index contributed by atoms with van der Waals surface area (Å²) in [5.74, 6) is 1.37. The Morgan fingerprint density at radius 2 is 1.04 bits per heavy atom. The van der Waals surface area contributed by atoms with Crippen LogP contribution in [-0.4, -0.2) is 45.2 Å². The van der Waals surface area contributed by atoms with Crippen LogP contribution in [0.2, 0.25) is 0 Å². The fourth-order valence-corrected chi connectivity index (χ4v) is 6.83. The van der Waals surface area contributed by atoms with Gasteiger partial charge in [-0.1, -0.05) is 114 Å². The van der Waals surface area contributed by atoms with Crippen LogP contribution in [-0.2, 0) is 9.84 Å². The zero-order valence-corrected chi connectivity index (χ0v) is 31.2. The quantitative estimate of drug-likeness (QED) is 0.108. The molecule has 0 bridgehead atoms. The summed E-state index contributed by atoms with van der Waals surface area (Å²) in [6.45, 7) is 11.9. The van der Waals surface area contributed by atoms with E-state index in [9.17, 15) is 8.42 Å². The molecule has 0 radical (unpaired) electrons. The van der Waals surface area contributed by atoms with Gasteiger partial charge in [-0.15, -0.1) is 11.8 Å². The van der Waals surface area contributed by atoms with Gasteiger partial charge in [0.05, 0.1) is 30.6 Å². The Hall–Kier alpha value is -4.28. The highest BCUT2D eigenvalue weighted by molar-refractivity contribution is 8.13. The molecule has 0 aliphatic carbocycles. The first kappa shape index (κ1) is 38.2. The van der Waals surface area contributed by atoms with Crippen molar-refractivity contribution in [2.75, 3.05) is 37.6 Å². The van der Waals surface area contributed by atoms with Crippen LogP contribution in [0.1, 0.15) is 41.5 Å². The van der Waals surface area contributed by atoms with E-state index in [0.29, 0.717) is 11.4 Å². The minimum atomic E-state index is -3.43. The predicted octanol–water partition coefficient (Wildman–Crippen LogP) is 9.68. The molecule has 0 saturated carbocycles. The highest BCUT2D eigenvalue weighted by atomic mass is 32.2. The van der Waals surface area contributed by atoms with Crippen LogP contribution < -0.4 is 20.3 Å². The molecule has 4 aromatic rings. The number of methoxy groups -OCH3 is 2. The smallest absolute Gasteiger partial charge is 0.191 e. The van der Waals surface area contributed by atoms with Crippen molar-refractivity contribution in [3.05, 3.63) is 97.1 Å². The van der Waals surface area contributed by atoms with Gasteiger partial charge in [0.25, 0.3) is 0 Å². The third kappa shape index (κ3) is 10.9. The van der Waals surface area contributed by atoms with E-state index in [4.69, 9.17) is 9.47 Å². The summed E-state index contributed by atoms with van der Waals surface area (Å²) in [6.07, 6.45) is 3.21. The average Bonchev–Trinajstić information content (AvgIpc) is 3.04. The van der Waals surface area contributed by atoms with Gasteiger partial charge in [-0.25, -0.2) is 8.42 Å². The molecule has 0 heterocycles. The topological polar surface area (TPSA) is 101 Å². The van der Waals surface area contributed by atoms with Crippen molar-refractivity contribution in [1.29, 1.82) is 0 Å². The molecule has 8 nitrogen and oxygen atoms in total. The Kier molecular flexibility index (Phi) is 13.3. The van der Waals surface area contributed by atoms with Gasteiger partial charge >= 0.3 is 0 Å². The van der Waals surface area contributed by atoms with Crippen LogP contribution in [0.5, 0.6) is 11.5 Å². The van der Waals surface area contributed by atoms with E-state index in [-0.39, 0.29) is 10.5 Å². The Balaban J connectivity index is 0.000000261. The number of anilines is 2. The van der Waals surface area contributed by atoms with E-state index in [1.807, 2.05) is 99.8 Å². The number of thioether (sulfide) groups is 1. The monoisotopic (exact) mass is 688 g/mol. The molecule has 2 N–H and O–H groups in total. The third-order valence-corrected chi connectivity index (χ3v) is 9.49. The lowest BCUT2D eigenvalue weighted by molar-refractivity contribution is 0.416. The summed E-state index contributed by atoms with van der Waals surface area (Å²) < 4.78 is 34.9. The van der Waals surface area contributed by atoms with Crippen molar-refractivity contribution in [2.24, 2.45) is 21.0 Å². The number of ether oxygens (including phenoxy) is 2. The molecule has 4 rings (SSSR count). The minimum Gasteiger partial charge on any atom is -0.495 e. The minimum absolute atomic E-state index is 0.0106. The lowest BCUT2D eigenvalue weighted by atomic mass is 9.99. The highest BCUT2D eigenvalue weighted by Crippen LogP contribution is 2.33. The second-order valence-electron chi connectivity index (χ2n) is 13.1. The molecule has 0 unspecified atom stereocenters. The van der Waals surface area contributed by atoms with E-state index in [0.717, 1.165) is 39.4 Å². The van der Waals surface area contributed by atoms with Crippen molar-refractivity contribution in [2.45, 2.75) is 41.5 Å². The van der Waals surface area contributed by atoms with Crippen LogP contribution in [0.3, 0.4) is 0 Å². The first-order chi connectivity index (χ1) is 22.6. The fourth-order valence-electron chi connectivity index (χ4n) is 4.76. The molecule has 10 heteroatoms. The molecule has 0 atom stereocenters. The van der Waals surface area contributed by atoms with Gasteiger partial charge in [-0.05, 0) is 52.8 Å². The van der Waals surface area contributed by atoms with Gasteiger partial charge in [0.15, 0.2) is 14.9 Å². The molecule has 0 fully saturated rings. The fraction of sp³-hybridized carbons (Fsp3) is 0.316. The van der Waals surface area contributed by atoms with Crippen LogP contribution in [0.25, 0.3) is 22.3 Å². The molecule has 256 valence electrons. The van der Waals surface area contributed by atoms with Gasteiger partial charge in [0.1, 0.15) is 11.5 Å². The summed E-state index contributed by atoms with van der Waals surface area (Å²) >= 11 is 1.66. The van der Waals surface area contributed by atoms with Crippen LogP contribution in [0.15, 0.2) is 107 Å². The Morgan fingerprint density at radius 1 is 0.625 bits per heavy atom. The number of sulfone groups is 1. The molecule has 0 saturated heterocycles. The summed E-state index contributed by atoms with van der Waals surface area (Å²) in [4.78, 5) is 0. The Labute approximate surface area is 291 Å². The predicted molar refractivity (Wildman–Crippen MR) is 206 cm³/mol.